The van der Waals surface area contributed by atoms with Crippen LogP contribution >= 0.6 is 39.1 Å². The summed E-state index contributed by atoms with van der Waals surface area (Å²) in [4.78, 5) is 10.5. The van der Waals surface area contributed by atoms with Gasteiger partial charge in [-0.1, -0.05) is 35.3 Å². The number of benzene rings is 2. The fourth-order valence-electron chi connectivity index (χ4n) is 1.55. The minimum atomic E-state index is -0.525. The van der Waals surface area contributed by atoms with Crippen molar-refractivity contribution >= 4 is 56.2 Å². The fraction of sp³-hybridized carbons (Fsp3) is 0. The van der Waals surface area contributed by atoms with Gasteiger partial charge in [0.2, 0.25) is 0 Å². The van der Waals surface area contributed by atoms with Crippen molar-refractivity contribution in [1.29, 1.82) is 0 Å². The van der Waals surface area contributed by atoms with Crippen LogP contribution in [0.2, 0.25) is 10.0 Å². The van der Waals surface area contributed by atoms with E-state index >= 15 is 0 Å². The van der Waals surface area contributed by atoms with Crippen LogP contribution in [0.1, 0.15) is 0 Å². The molecule has 1 N–H and O–H groups in total. The highest BCUT2D eigenvalue weighted by Crippen LogP contribution is 2.37. The molecule has 0 aliphatic carbocycles. The van der Waals surface area contributed by atoms with Gasteiger partial charge in [0.15, 0.2) is 0 Å². The number of nitro benzene ring substituents is 1. The van der Waals surface area contributed by atoms with E-state index in [4.69, 9.17) is 23.2 Å². The van der Waals surface area contributed by atoms with E-state index in [1.54, 1.807) is 30.3 Å². The summed E-state index contributed by atoms with van der Waals surface area (Å²) in [5.74, 6) is 0. The molecular weight excluding hydrogens is 355 g/mol. The van der Waals surface area contributed by atoms with Gasteiger partial charge in [-0.2, -0.15) is 0 Å². The Morgan fingerprint density at radius 3 is 2.26 bits per heavy atom. The van der Waals surface area contributed by atoms with Gasteiger partial charge in [-0.25, -0.2) is 0 Å². The van der Waals surface area contributed by atoms with Gasteiger partial charge in [-0.05, 0) is 40.2 Å². The SMILES string of the molecule is O=[N+]([O-])c1c(Cl)cccc1Nc1cccc(Cl)c1Br. The normalized spacial score (nSPS) is 10.3. The lowest BCUT2D eigenvalue weighted by Crippen LogP contribution is -1.98. The van der Waals surface area contributed by atoms with E-state index in [-0.39, 0.29) is 10.7 Å². The Morgan fingerprint density at radius 1 is 1.05 bits per heavy atom. The van der Waals surface area contributed by atoms with Crippen molar-refractivity contribution in [2.24, 2.45) is 0 Å². The van der Waals surface area contributed by atoms with Crippen molar-refractivity contribution in [3.63, 3.8) is 0 Å². The molecule has 7 heteroatoms. The molecule has 0 saturated heterocycles. The third kappa shape index (κ3) is 3.00. The first kappa shape index (κ1) is 14.1. The summed E-state index contributed by atoms with van der Waals surface area (Å²) in [5.41, 5.74) is 0.759. The van der Waals surface area contributed by atoms with E-state index in [9.17, 15) is 10.1 Å². The molecule has 2 aromatic carbocycles. The Hall–Kier alpha value is -1.30. The summed E-state index contributed by atoms with van der Waals surface area (Å²) in [6, 6.07) is 9.89. The molecule has 0 heterocycles. The number of nitrogens with one attached hydrogen (secondary N) is 1. The highest BCUT2D eigenvalue weighted by Gasteiger charge is 2.19. The zero-order valence-electron chi connectivity index (χ0n) is 9.36. The molecule has 2 rings (SSSR count). The Kier molecular flexibility index (Phi) is 4.29. The van der Waals surface area contributed by atoms with Crippen LogP contribution in [0.5, 0.6) is 0 Å². The average Bonchev–Trinajstić information content (AvgIpc) is 2.34. The first-order valence-corrected chi connectivity index (χ1v) is 6.69. The van der Waals surface area contributed by atoms with Crippen LogP contribution in [0.25, 0.3) is 0 Å². The molecule has 0 unspecified atom stereocenters. The predicted molar refractivity (Wildman–Crippen MR) is 80.5 cm³/mol. The molecule has 0 spiro atoms. The van der Waals surface area contributed by atoms with E-state index in [1.165, 1.54) is 6.07 Å². The van der Waals surface area contributed by atoms with E-state index in [0.717, 1.165) is 0 Å². The predicted octanol–water partition coefficient (Wildman–Crippen LogP) is 5.41. The monoisotopic (exact) mass is 360 g/mol. The van der Waals surface area contributed by atoms with Gasteiger partial charge in [-0.15, -0.1) is 0 Å². The molecule has 4 nitrogen and oxygen atoms in total. The van der Waals surface area contributed by atoms with E-state index in [2.05, 4.69) is 21.2 Å². The lowest BCUT2D eigenvalue weighted by molar-refractivity contribution is -0.383. The van der Waals surface area contributed by atoms with E-state index in [0.29, 0.717) is 20.9 Å². The molecule has 0 aliphatic heterocycles. The topological polar surface area (TPSA) is 55.2 Å². The molecule has 0 aliphatic rings. The highest BCUT2D eigenvalue weighted by molar-refractivity contribution is 9.10. The third-order valence-corrected chi connectivity index (χ3v) is 4.09. The van der Waals surface area contributed by atoms with Crippen molar-refractivity contribution in [3.8, 4) is 0 Å². The van der Waals surface area contributed by atoms with E-state index in [1.807, 2.05) is 0 Å². The molecule has 0 saturated carbocycles. The van der Waals surface area contributed by atoms with Crippen LogP contribution in [0.4, 0.5) is 17.1 Å². The van der Waals surface area contributed by atoms with Gasteiger partial charge in [0.1, 0.15) is 10.7 Å². The Bertz CT molecular complexity index is 650. The van der Waals surface area contributed by atoms with Gasteiger partial charge in [0, 0.05) is 0 Å². The number of nitrogens with zero attached hydrogens (tertiary/aromatic N) is 1. The van der Waals surface area contributed by atoms with Crippen LogP contribution in [-0.4, -0.2) is 4.92 Å². The first-order chi connectivity index (χ1) is 9.00. The summed E-state index contributed by atoms with van der Waals surface area (Å²) >= 11 is 15.1. The second-order valence-electron chi connectivity index (χ2n) is 3.62. The van der Waals surface area contributed by atoms with Crippen molar-refractivity contribution in [2.45, 2.75) is 0 Å². The first-order valence-electron chi connectivity index (χ1n) is 5.14. The summed E-state index contributed by atoms with van der Waals surface area (Å²) in [6.45, 7) is 0. The van der Waals surface area contributed by atoms with Gasteiger partial charge >= 0.3 is 5.69 Å². The molecule has 19 heavy (non-hydrogen) atoms. The minimum Gasteiger partial charge on any atom is -0.349 e. The average molecular weight is 362 g/mol. The molecule has 0 atom stereocenters. The number of nitro groups is 1. The molecule has 98 valence electrons. The number of para-hydroxylation sites is 1. The number of rotatable bonds is 3. The fourth-order valence-corrected chi connectivity index (χ4v) is 2.33. The highest BCUT2D eigenvalue weighted by atomic mass is 79.9. The third-order valence-electron chi connectivity index (χ3n) is 2.39. The smallest absolute Gasteiger partial charge is 0.311 e. The van der Waals surface area contributed by atoms with Crippen LogP contribution < -0.4 is 5.32 Å². The van der Waals surface area contributed by atoms with Crippen LogP contribution in [-0.2, 0) is 0 Å². The standard InChI is InChI=1S/C12H7BrCl2N2O2/c13-11-7(14)3-1-5-9(11)16-10-6-2-4-8(15)12(10)17(18)19/h1-6,16H. The Labute approximate surface area is 127 Å². The van der Waals surface area contributed by atoms with Gasteiger partial charge < -0.3 is 5.32 Å². The lowest BCUT2D eigenvalue weighted by Gasteiger charge is -2.10. The second kappa shape index (κ2) is 5.77. The van der Waals surface area contributed by atoms with Crippen molar-refractivity contribution in [1.82, 2.24) is 0 Å². The van der Waals surface area contributed by atoms with Crippen LogP contribution in [0.3, 0.4) is 0 Å². The molecule has 0 bridgehead atoms. The van der Waals surface area contributed by atoms with Gasteiger partial charge in [0.05, 0.1) is 20.1 Å². The summed E-state index contributed by atoms with van der Waals surface area (Å²) < 4.78 is 0.631. The molecule has 0 fully saturated rings. The second-order valence-corrected chi connectivity index (χ2v) is 5.23. The van der Waals surface area contributed by atoms with Crippen LogP contribution in [0, 0.1) is 10.1 Å². The van der Waals surface area contributed by atoms with Crippen LogP contribution in [0.15, 0.2) is 40.9 Å². The molecule has 2 aromatic rings. The zero-order valence-corrected chi connectivity index (χ0v) is 12.5. The number of anilines is 2. The molecule has 0 aromatic heterocycles. The Morgan fingerprint density at radius 2 is 1.63 bits per heavy atom. The molecule has 0 amide bonds. The quantitative estimate of drug-likeness (QED) is 0.587. The van der Waals surface area contributed by atoms with Crippen molar-refractivity contribution in [3.05, 3.63) is 61.0 Å². The van der Waals surface area contributed by atoms with Gasteiger partial charge in [-0.3, -0.25) is 10.1 Å². The summed E-state index contributed by atoms with van der Waals surface area (Å²) in [7, 11) is 0. The maximum atomic E-state index is 11.0. The Balaban J connectivity index is 2.47. The number of halogens is 3. The molecule has 0 radical (unpaired) electrons. The minimum absolute atomic E-state index is 0.0770. The summed E-state index contributed by atoms with van der Waals surface area (Å²) in [6.07, 6.45) is 0. The maximum absolute atomic E-state index is 11.0. The number of hydrogen-bond donors (Lipinski definition) is 1. The summed E-state index contributed by atoms with van der Waals surface area (Å²) in [5, 5.41) is 14.6. The zero-order chi connectivity index (χ0) is 14.0. The number of hydrogen-bond acceptors (Lipinski definition) is 3. The van der Waals surface area contributed by atoms with Crippen molar-refractivity contribution < 1.29 is 4.92 Å². The van der Waals surface area contributed by atoms with Gasteiger partial charge in [0.25, 0.3) is 0 Å². The van der Waals surface area contributed by atoms with Crippen molar-refractivity contribution in [2.75, 3.05) is 5.32 Å². The largest absolute Gasteiger partial charge is 0.349 e. The molecular formula is C12H7BrCl2N2O2. The van der Waals surface area contributed by atoms with E-state index < -0.39 is 4.92 Å². The maximum Gasteiger partial charge on any atom is 0.311 e. The lowest BCUT2D eigenvalue weighted by atomic mass is 10.2.